The Hall–Kier alpha value is -1.51. The normalized spacial score (nSPS) is 11.7. The van der Waals surface area contributed by atoms with Crippen molar-refractivity contribution in [2.24, 2.45) is 0 Å². The Morgan fingerprint density at radius 2 is 2.11 bits per heavy atom. The van der Waals surface area contributed by atoms with Crippen LogP contribution in [0.25, 0.3) is 0 Å². The van der Waals surface area contributed by atoms with Gasteiger partial charge in [-0.05, 0) is 19.9 Å². The first-order chi connectivity index (χ1) is 8.83. The molecule has 0 aliphatic rings. The predicted octanol–water partition coefficient (Wildman–Crippen LogP) is 1.30. The summed E-state index contributed by atoms with van der Waals surface area (Å²) in [6.07, 6.45) is 0.0160. The van der Waals surface area contributed by atoms with Crippen molar-refractivity contribution in [2.45, 2.75) is 24.8 Å². The lowest BCUT2D eigenvalue weighted by molar-refractivity contribution is -0.385. The third kappa shape index (κ3) is 4.93. The summed E-state index contributed by atoms with van der Waals surface area (Å²) in [6, 6.07) is 4.89. The molecule has 19 heavy (non-hydrogen) atoms. The lowest BCUT2D eigenvalue weighted by Gasteiger charge is -2.09. The van der Waals surface area contributed by atoms with Crippen LogP contribution in [0, 0.1) is 10.1 Å². The molecule has 0 saturated carbocycles. The van der Waals surface area contributed by atoms with Crippen LogP contribution in [0.3, 0.4) is 0 Å². The van der Waals surface area contributed by atoms with Gasteiger partial charge in [-0.15, -0.1) is 0 Å². The molecule has 1 N–H and O–H groups in total. The molecule has 0 aliphatic heterocycles. The van der Waals surface area contributed by atoms with E-state index in [0.29, 0.717) is 0 Å². The van der Waals surface area contributed by atoms with Gasteiger partial charge in [-0.1, -0.05) is 6.07 Å². The number of sulfonamides is 1. The van der Waals surface area contributed by atoms with Crippen molar-refractivity contribution in [1.82, 2.24) is 4.72 Å². The molecule has 7 nitrogen and oxygen atoms in total. The summed E-state index contributed by atoms with van der Waals surface area (Å²) in [6.45, 7) is 4.04. The molecule has 0 radical (unpaired) electrons. The topological polar surface area (TPSA) is 98.5 Å². The molecule has 8 heteroatoms. The first-order valence-corrected chi connectivity index (χ1v) is 7.17. The number of non-ortho nitro benzene ring substituents is 1. The van der Waals surface area contributed by atoms with Crippen LogP contribution in [0.1, 0.15) is 13.8 Å². The molecule has 0 heterocycles. The summed E-state index contributed by atoms with van der Waals surface area (Å²) in [7, 11) is -3.75. The first kappa shape index (κ1) is 15.5. The van der Waals surface area contributed by atoms with Gasteiger partial charge in [0.25, 0.3) is 5.69 Å². The highest BCUT2D eigenvalue weighted by Crippen LogP contribution is 2.16. The van der Waals surface area contributed by atoms with Crippen molar-refractivity contribution in [3.8, 4) is 0 Å². The van der Waals surface area contributed by atoms with Crippen LogP contribution >= 0.6 is 0 Å². The Balaban J connectivity index is 2.72. The minimum absolute atomic E-state index is 0.0160. The molecule has 0 aliphatic carbocycles. The molecule has 0 unspecified atom stereocenters. The maximum Gasteiger partial charge on any atom is 0.270 e. The monoisotopic (exact) mass is 288 g/mol. The molecule has 106 valence electrons. The van der Waals surface area contributed by atoms with Gasteiger partial charge in [-0.2, -0.15) is 0 Å². The third-order valence-electron chi connectivity index (χ3n) is 2.18. The fourth-order valence-electron chi connectivity index (χ4n) is 1.32. The van der Waals surface area contributed by atoms with Gasteiger partial charge in [0.2, 0.25) is 10.0 Å². The summed E-state index contributed by atoms with van der Waals surface area (Å²) in [5.41, 5.74) is -0.263. The molecule has 0 atom stereocenters. The second kappa shape index (κ2) is 6.60. The first-order valence-electron chi connectivity index (χ1n) is 5.68. The maximum atomic E-state index is 11.9. The zero-order valence-corrected chi connectivity index (χ0v) is 11.5. The summed E-state index contributed by atoms with van der Waals surface area (Å²) in [5.74, 6) is 0. The number of hydrogen-bond donors (Lipinski definition) is 1. The van der Waals surface area contributed by atoms with Gasteiger partial charge in [-0.25, -0.2) is 13.1 Å². The predicted molar refractivity (Wildman–Crippen MR) is 69.4 cm³/mol. The maximum absolute atomic E-state index is 11.9. The Bertz CT molecular complexity index is 542. The van der Waals surface area contributed by atoms with Crippen LogP contribution in [0.15, 0.2) is 29.2 Å². The van der Waals surface area contributed by atoms with E-state index >= 15 is 0 Å². The van der Waals surface area contributed by atoms with E-state index < -0.39 is 14.9 Å². The van der Waals surface area contributed by atoms with E-state index in [1.807, 2.05) is 13.8 Å². The van der Waals surface area contributed by atoms with Gasteiger partial charge < -0.3 is 4.74 Å². The van der Waals surface area contributed by atoms with E-state index in [0.717, 1.165) is 6.07 Å². The number of nitro benzene ring substituents is 1. The number of rotatable bonds is 7. The summed E-state index contributed by atoms with van der Waals surface area (Å²) in [5, 5.41) is 10.6. The molecule has 0 spiro atoms. The number of benzene rings is 1. The average molecular weight is 288 g/mol. The van der Waals surface area contributed by atoms with E-state index in [1.54, 1.807) is 0 Å². The Labute approximate surface area is 111 Å². The second-order valence-electron chi connectivity index (χ2n) is 4.07. The van der Waals surface area contributed by atoms with Crippen LogP contribution in [-0.2, 0) is 14.8 Å². The molecule has 0 bridgehead atoms. The molecule has 1 rings (SSSR count). The van der Waals surface area contributed by atoms with Gasteiger partial charge in [0, 0.05) is 18.7 Å². The van der Waals surface area contributed by atoms with Crippen LogP contribution in [0.2, 0.25) is 0 Å². The summed E-state index contributed by atoms with van der Waals surface area (Å²) in [4.78, 5) is 9.81. The smallest absolute Gasteiger partial charge is 0.270 e. The molecule has 0 amide bonds. The van der Waals surface area contributed by atoms with E-state index in [2.05, 4.69) is 4.72 Å². The fraction of sp³-hybridized carbons (Fsp3) is 0.455. The number of hydrogen-bond acceptors (Lipinski definition) is 5. The number of nitrogens with one attached hydrogen (secondary N) is 1. The van der Waals surface area contributed by atoms with E-state index in [4.69, 9.17) is 4.74 Å². The number of nitrogens with zero attached hydrogens (tertiary/aromatic N) is 1. The third-order valence-corrected chi connectivity index (χ3v) is 3.64. The zero-order chi connectivity index (χ0) is 14.5. The molecule has 0 fully saturated rings. The lowest BCUT2D eigenvalue weighted by Crippen LogP contribution is -2.28. The largest absolute Gasteiger partial charge is 0.377 e. The average Bonchev–Trinajstić information content (AvgIpc) is 2.34. The second-order valence-corrected chi connectivity index (χ2v) is 5.84. The van der Waals surface area contributed by atoms with Gasteiger partial charge in [-0.3, -0.25) is 10.1 Å². The molecular formula is C11H16N2O5S. The number of nitro groups is 1. The molecule has 1 aromatic rings. The van der Waals surface area contributed by atoms with Gasteiger partial charge in [0.05, 0.1) is 22.5 Å². The highest BCUT2D eigenvalue weighted by molar-refractivity contribution is 7.89. The van der Waals surface area contributed by atoms with E-state index in [9.17, 15) is 18.5 Å². The van der Waals surface area contributed by atoms with Crippen molar-refractivity contribution < 1.29 is 18.1 Å². The van der Waals surface area contributed by atoms with Crippen LogP contribution in [0.4, 0.5) is 5.69 Å². The van der Waals surface area contributed by atoms with Crippen LogP contribution in [-0.4, -0.2) is 32.6 Å². The molecular weight excluding hydrogens is 272 g/mol. The SMILES string of the molecule is CC(C)OCCNS(=O)(=O)c1cccc([N+](=O)[O-])c1. The quantitative estimate of drug-likeness (QED) is 0.463. The highest BCUT2D eigenvalue weighted by atomic mass is 32.2. The Kier molecular flexibility index (Phi) is 5.40. The molecule has 1 aromatic carbocycles. The molecule has 0 aromatic heterocycles. The number of ether oxygens (including phenoxy) is 1. The minimum atomic E-state index is -3.75. The van der Waals surface area contributed by atoms with Crippen molar-refractivity contribution in [3.05, 3.63) is 34.4 Å². The van der Waals surface area contributed by atoms with Crippen LogP contribution < -0.4 is 4.72 Å². The van der Waals surface area contributed by atoms with E-state index in [1.165, 1.54) is 18.2 Å². The van der Waals surface area contributed by atoms with Crippen molar-refractivity contribution >= 4 is 15.7 Å². The highest BCUT2D eigenvalue weighted by Gasteiger charge is 2.16. The van der Waals surface area contributed by atoms with Gasteiger partial charge in [0.1, 0.15) is 0 Å². The van der Waals surface area contributed by atoms with Crippen molar-refractivity contribution in [3.63, 3.8) is 0 Å². The standard InChI is InChI=1S/C11H16N2O5S/c1-9(2)18-7-6-12-19(16,17)11-5-3-4-10(8-11)13(14)15/h3-5,8-9,12H,6-7H2,1-2H3. The molecule has 0 saturated heterocycles. The van der Waals surface area contributed by atoms with Crippen molar-refractivity contribution in [1.29, 1.82) is 0 Å². The summed E-state index contributed by atoms with van der Waals surface area (Å²) >= 11 is 0. The van der Waals surface area contributed by atoms with Crippen LogP contribution in [0.5, 0.6) is 0 Å². The fourth-order valence-corrected chi connectivity index (χ4v) is 2.37. The van der Waals surface area contributed by atoms with Gasteiger partial charge >= 0.3 is 0 Å². The van der Waals surface area contributed by atoms with Crippen molar-refractivity contribution in [2.75, 3.05) is 13.2 Å². The Morgan fingerprint density at radius 1 is 1.42 bits per heavy atom. The lowest BCUT2D eigenvalue weighted by atomic mass is 10.3. The van der Waals surface area contributed by atoms with Gasteiger partial charge in [0.15, 0.2) is 0 Å². The Morgan fingerprint density at radius 3 is 2.68 bits per heavy atom. The summed E-state index contributed by atoms with van der Waals surface area (Å²) < 4.78 is 31.2. The van der Waals surface area contributed by atoms with E-state index in [-0.39, 0.29) is 29.8 Å². The zero-order valence-electron chi connectivity index (χ0n) is 10.7. The minimum Gasteiger partial charge on any atom is -0.377 e.